The van der Waals surface area contributed by atoms with Crippen LogP contribution in [0, 0.1) is 6.92 Å². The summed E-state index contributed by atoms with van der Waals surface area (Å²) >= 11 is 0. The number of hydrogen-bond acceptors (Lipinski definition) is 4. The van der Waals surface area contributed by atoms with Gasteiger partial charge in [0.1, 0.15) is 5.75 Å². The molecule has 1 N–H and O–H groups in total. The lowest BCUT2D eigenvalue weighted by Crippen LogP contribution is -2.02. The van der Waals surface area contributed by atoms with Crippen LogP contribution in [0.1, 0.15) is 29.3 Å². The van der Waals surface area contributed by atoms with E-state index in [1.54, 1.807) is 25.5 Å². The normalized spacial score (nSPS) is 10.3. The first-order valence-electron chi connectivity index (χ1n) is 6.39. The number of aromatic carboxylic acids is 1. The van der Waals surface area contributed by atoms with Gasteiger partial charge in [-0.2, -0.15) is 0 Å². The number of pyridine rings is 2. The monoisotopic (exact) mass is 272 g/mol. The van der Waals surface area contributed by atoms with Gasteiger partial charge in [0.25, 0.3) is 0 Å². The smallest absolute Gasteiger partial charge is 0.337 e. The highest BCUT2D eigenvalue weighted by Crippen LogP contribution is 2.26. The van der Waals surface area contributed by atoms with E-state index in [4.69, 9.17) is 9.84 Å². The number of nitrogens with zero attached hydrogens (tertiary/aromatic N) is 2. The molecule has 5 nitrogen and oxygen atoms in total. The summed E-state index contributed by atoms with van der Waals surface area (Å²) in [6.45, 7) is 4.42. The third-order valence-corrected chi connectivity index (χ3v) is 2.94. The highest BCUT2D eigenvalue weighted by Gasteiger charge is 2.12. The Bertz CT molecular complexity index is 626. The molecule has 2 aromatic heterocycles. The molecule has 0 aliphatic carbocycles. The fraction of sp³-hybridized carbons (Fsp3) is 0.267. The van der Waals surface area contributed by atoms with E-state index in [1.807, 2.05) is 13.0 Å². The van der Waals surface area contributed by atoms with Crippen molar-refractivity contribution in [3.05, 3.63) is 42.0 Å². The zero-order valence-electron chi connectivity index (χ0n) is 11.5. The predicted octanol–water partition coefficient (Wildman–Crippen LogP) is 2.94. The lowest BCUT2D eigenvalue weighted by atomic mass is 10.0. The molecule has 0 fully saturated rings. The van der Waals surface area contributed by atoms with Crippen molar-refractivity contribution in [3.8, 4) is 16.9 Å². The van der Waals surface area contributed by atoms with Crippen LogP contribution in [0.3, 0.4) is 0 Å². The summed E-state index contributed by atoms with van der Waals surface area (Å²) in [7, 11) is 0. The quantitative estimate of drug-likeness (QED) is 0.906. The first kappa shape index (κ1) is 14.0. The zero-order chi connectivity index (χ0) is 14.5. The van der Waals surface area contributed by atoms with Crippen LogP contribution in [-0.4, -0.2) is 27.7 Å². The van der Waals surface area contributed by atoms with E-state index in [0.717, 1.165) is 17.5 Å². The highest BCUT2D eigenvalue weighted by molar-refractivity contribution is 5.91. The van der Waals surface area contributed by atoms with E-state index < -0.39 is 5.97 Å². The molecule has 2 heterocycles. The summed E-state index contributed by atoms with van der Waals surface area (Å²) < 4.78 is 5.54. The van der Waals surface area contributed by atoms with E-state index in [0.29, 0.717) is 17.9 Å². The molecule has 0 saturated heterocycles. The van der Waals surface area contributed by atoms with Crippen LogP contribution < -0.4 is 4.74 Å². The number of carboxylic acid groups (broad SMARTS) is 1. The topological polar surface area (TPSA) is 72.3 Å². The maximum absolute atomic E-state index is 11.1. The van der Waals surface area contributed by atoms with Gasteiger partial charge in [0.15, 0.2) is 0 Å². The Morgan fingerprint density at radius 1 is 1.25 bits per heavy atom. The molecule has 0 radical (unpaired) electrons. The average Bonchev–Trinajstić information content (AvgIpc) is 2.45. The maximum Gasteiger partial charge on any atom is 0.337 e. The minimum atomic E-state index is -0.983. The molecule has 0 aliphatic rings. The van der Waals surface area contributed by atoms with Gasteiger partial charge in [-0.1, -0.05) is 6.92 Å². The van der Waals surface area contributed by atoms with Crippen LogP contribution in [0.25, 0.3) is 11.1 Å². The van der Waals surface area contributed by atoms with Crippen molar-refractivity contribution in [1.29, 1.82) is 0 Å². The second-order valence-electron chi connectivity index (χ2n) is 4.42. The summed E-state index contributed by atoms with van der Waals surface area (Å²) in [6, 6.07) is 1.85. The molecule has 0 amide bonds. The molecule has 0 saturated carbocycles. The highest BCUT2D eigenvalue weighted by atomic mass is 16.5. The van der Waals surface area contributed by atoms with E-state index in [2.05, 4.69) is 9.97 Å². The number of ether oxygens (including phenoxy) is 1. The van der Waals surface area contributed by atoms with Gasteiger partial charge in [-0.25, -0.2) is 4.79 Å². The van der Waals surface area contributed by atoms with Crippen LogP contribution >= 0.6 is 0 Å². The number of rotatable bonds is 5. The Kier molecular flexibility index (Phi) is 4.30. The molecule has 0 aliphatic heterocycles. The van der Waals surface area contributed by atoms with Crippen molar-refractivity contribution >= 4 is 5.97 Å². The van der Waals surface area contributed by atoms with Crippen molar-refractivity contribution in [3.63, 3.8) is 0 Å². The summed E-state index contributed by atoms with van der Waals surface area (Å²) in [5.74, 6) is -0.312. The molecular weight excluding hydrogens is 256 g/mol. The van der Waals surface area contributed by atoms with Crippen molar-refractivity contribution in [2.24, 2.45) is 0 Å². The van der Waals surface area contributed by atoms with Crippen molar-refractivity contribution in [2.45, 2.75) is 20.3 Å². The van der Waals surface area contributed by atoms with E-state index in [9.17, 15) is 4.79 Å². The fourth-order valence-electron chi connectivity index (χ4n) is 1.90. The van der Waals surface area contributed by atoms with Crippen LogP contribution in [-0.2, 0) is 0 Å². The fourth-order valence-corrected chi connectivity index (χ4v) is 1.90. The Hall–Kier alpha value is -2.43. The molecule has 5 heteroatoms. The molecule has 104 valence electrons. The van der Waals surface area contributed by atoms with Gasteiger partial charge in [0.05, 0.1) is 18.4 Å². The maximum atomic E-state index is 11.1. The van der Waals surface area contributed by atoms with Gasteiger partial charge in [-0.05, 0) is 25.0 Å². The lowest BCUT2D eigenvalue weighted by molar-refractivity contribution is 0.0695. The molecule has 20 heavy (non-hydrogen) atoms. The first-order chi connectivity index (χ1) is 9.63. The van der Waals surface area contributed by atoms with E-state index in [1.165, 1.54) is 6.20 Å². The summed E-state index contributed by atoms with van der Waals surface area (Å²) in [5.41, 5.74) is 2.41. The molecule has 0 spiro atoms. The largest absolute Gasteiger partial charge is 0.492 e. The number of hydrogen-bond donors (Lipinski definition) is 1. The summed E-state index contributed by atoms with van der Waals surface area (Å²) in [6.07, 6.45) is 7.23. The van der Waals surface area contributed by atoms with Gasteiger partial charge in [-0.15, -0.1) is 0 Å². The standard InChI is InChI=1S/C15H16N2O3/c1-3-4-20-12-5-11(6-16-7-12)13-8-17-9-14(10(13)2)15(18)19/h5-9H,3-4H2,1-2H3,(H,18,19). The third kappa shape index (κ3) is 2.93. The molecular formula is C15H16N2O3. The second kappa shape index (κ2) is 6.14. The van der Waals surface area contributed by atoms with Crippen LogP contribution in [0.4, 0.5) is 0 Å². The van der Waals surface area contributed by atoms with Gasteiger partial charge in [0.2, 0.25) is 0 Å². The van der Waals surface area contributed by atoms with Gasteiger partial charge < -0.3 is 9.84 Å². The predicted molar refractivity (Wildman–Crippen MR) is 75.0 cm³/mol. The SMILES string of the molecule is CCCOc1cncc(-c2cncc(C(=O)O)c2C)c1. The Balaban J connectivity index is 2.41. The van der Waals surface area contributed by atoms with Crippen LogP contribution in [0.5, 0.6) is 5.75 Å². The van der Waals surface area contributed by atoms with Crippen molar-refractivity contribution in [2.75, 3.05) is 6.61 Å². The number of carbonyl (C=O) groups is 1. The molecule has 0 aromatic carbocycles. The van der Waals surface area contributed by atoms with Crippen molar-refractivity contribution in [1.82, 2.24) is 9.97 Å². The Labute approximate surface area is 117 Å². The van der Waals surface area contributed by atoms with Gasteiger partial charge in [0, 0.05) is 29.7 Å². The van der Waals surface area contributed by atoms with Crippen LogP contribution in [0.15, 0.2) is 30.9 Å². The third-order valence-electron chi connectivity index (χ3n) is 2.94. The van der Waals surface area contributed by atoms with Gasteiger partial charge >= 0.3 is 5.97 Å². The summed E-state index contributed by atoms with van der Waals surface area (Å²) in [4.78, 5) is 19.2. The Morgan fingerprint density at radius 2 is 2.00 bits per heavy atom. The number of aromatic nitrogens is 2. The van der Waals surface area contributed by atoms with Gasteiger partial charge in [-0.3, -0.25) is 9.97 Å². The van der Waals surface area contributed by atoms with Crippen LogP contribution in [0.2, 0.25) is 0 Å². The van der Waals surface area contributed by atoms with E-state index in [-0.39, 0.29) is 5.56 Å². The summed E-state index contributed by atoms with van der Waals surface area (Å²) in [5, 5.41) is 9.13. The molecule has 0 bridgehead atoms. The molecule has 0 atom stereocenters. The second-order valence-corrected chi connectivity index (χ2v) is 4.42. The number of carboxylic acids is 1. The first-order valence-corrected chi connectivity index (χ1v) is 6.39. The lowest BCUT2D eigenvalue weighted by Gasteiger charge is -2.10. The molecule has 2 rings (SSSR count). The Morgan fingerprint density at radius 3 is 2.70 bits per heavy atom. The average molecular weight is 272 g/mol. The molecule has 0 unspecified atom stereocenters. The minimum Gasteiger partial charge on any atom is -0.492 e. The molecule has 2 aromatic rings. The minimum absolute atomic E-state index is 0.197. The zero-order valence-corrected chi connectivity index (χ0v) is 11.5. The van der Waals surface area contributed by atoms with E-state index >= 15 is 0 Å². The van der Waals surface area contributed by atoms with Crippen molar-refractivity contribution < 1.29 is 14.6 Å².